The molecule has 0 fully saturated rings. The zero-order valence-electron chi connectivity index (χ0n) is 15.1. The fraction of sp³-hybridized carbons (Fsp3) is 0.238. The third-order valence-electron chi connectivity index (χ3n) is 4.92. The molecule has 4 nitrogen and oxygen atoms in total. The fourth-order valence-electron chi connectivity index (χ4n) is 3.76. The first-order valence-corrected chi connectivity index (χ1v) is 8.61. The minimum Gasteiger partial charge on any atom is -0.302 e. The van der Waals surface area contributed by atoms with Crippen LogP contribution in [0.1, 0.15) is 23.6 Å². The van der Waals surface area contributed by atoms with E-state index in [1.165, 1.54) is 28.1 Å². The van der Waals surface area contributed by atoms with Crippen LogP contribution in [0.2, 0.25) is 0 Å². The van der Waals surface area contributed by atoms with Crippen LogP contribution in [0.25, 0.3) is 0 Å². The van der Waals surface area contributed by atoms with Crippen molar-refractivity contribution in [1.82, 2.24) is 9.97 Å². The monoisotopic (exact) mass is 330 g/mol. The summed E-state index contributed by atoms with van der Waals surface area (Å²) in [7, 11) is 0. The van der Waals surface area contributed by atoms with Crippen LogP contribution >= 0.6 is 0 Å². The van der Waals surface area contributed by atoms with Gasteiger partial charge in [-0.3, -0.25) is 0 Å². The zero-order chi connectivity index (χ0) is 17.6. The Balaban J connectivity index is 1.93. The van der Waals surface area contributed by atoms with Crippen LogP contribution in [-0.4, -0.2) is 16.1 Å². The molecule has 0 bridgehead atoms. The van der Waals surface area contributed by atoms with Crippen LogP contribution in [-0.2, 0) is 0 Å². The second kappa shape index (κ2) is 5.88. The summed E-state index contributed by atoms with van der Waals surface area (Å²) in [6.45, 7) is 8.66. The third kappa shape index (κ3) is 2.37. The fourth-order valence-corrected chi connectivity index (χ4v) is 3.76. The lowest BCUT2D eigenvalue weighted by Crippen LogP contribution is -2.36. The lowest BCUT2D eigenvalue weighted by molar-refractivity contribution is 0.749. The van der Waals surface area contributed by atoms with E-state index < -0.39 is 0 Å². The molecule has 4 heteroatoms. The van der Waals surface area contributed by atoms with Crippen molar-refractivity contribution in [3.63, 3.8) is 0 Å². The SMILES string of the molecule is Cc1ccccc1N1c2nccnc2N(c2c(C)cccc2C)C1C. The van der Waals surface area contributed by atoms with E-state index in [9.17, 15) is 0 Å². The van der Waals surface area contributed by atoms with Gasteiger partial charge in [-0.2, -0.15) is 0 Å². The Kier molecular flexibility index (Phi) is 3.68. The van der Waals surface area contributed by atoms with E-state index in [1.54, 1.807) is 12.4 Å². The van der Waals surface area contributed by atoms with Crippen molar-refractivity contribution in [3.8, 4) is 0 Å². The molecule has 0 aliphatic carbocycles. The predicted octanol–water partition coefficient (Wildman–Crippen LogP) is 5.04. The Morgan fingerprint density at radius 3 is 1.92 bits per heavy atom. The van der Waals surface area contributed by atoms with E-state index in [0.29, 0.717) is 0 Å². The van der Waals surface area contributed by atoms with Gasteiger partial charge in [-0.25, -0.2) is 9.97 Å². The number of nitrogens with zero attached hydrogens (tertiary/aromatic N) is 4. The Hall–Kier alpha value is -2.88. The van der Waals surface area contributed by atoms with Crippen LogP contribution in [0, 0.1) is 20.8 Å². The van der Waals surface area contributed by atoms with Gasteiger partial charge in [-0.05, 0) is 50.5 Å². The van der Waals surface area contributed by atoms with Crippen molar-refractivity contribution in [2.24, 2.45) is 0 Å². The molecule has 2 aromatic carbocycles. The topological polar surface area (TPSA) is 32.3 Å². The lowest BCUT2D eigenvalue weighted by Gasteiger charge is -2.31. The molecule has 0 spiro atoms. The molecular formula is C21H22N4. The van der Waals surface area contributed by atoms with Gasteiger partial charge in [-0.1, -0.05) is 36.4 Å². The van der Waals surface area contributed by atoms with Gasteiger partial charge < -0.3 is 9.80 Å². The number of anilines is 4. The molecule has 0 N–H and O–H groups in total. The summed E-state index contributed by atoms with van der Waals surface area (Å²) in [5.74, 6) is 1.82. The van der Waals surface area contributed by atoms with Crippen molar-refractivity contribution in [2.45, 2.75) is 33.9 Å². The van der Waals surface area contributed by atoms with Crippen LogP contribution < -0.4 is 9.80 Å². The summed E-state index contributed by atoms with van der Waals surface area (Å²) in [4.78, 5) is 13.9. The van der Waals surface area contributed by atoms with E-state index in [-0.39, 0.29) is 6.17 Å². The van der Waals surface area contributed by atoms with Crippen molar-refractivity contribution in [2.75, 3.05) is 9.80 Å². The Labute approximate surface area is 148 Å². The number of hydrogen-bond donors (Lipinski definition) is 0. The van der Waals surface area contributed by atoms with Crippen LogP contribution in [0.5, 0.6) is 0 Å². The van der Waals surface area contributed by atoms with Gasteiger partial charge >= 0.3 is 0 Å². The first-order chi connectivity index (χ1) is 12.1. The molecule has 1 aliphatic rings. The zero-order valence-corrected chi connectivity index (χ0v) is 15.1. The van der Waals surface area contributed by atoms with Gasteiger partial charge in [0.15, 0.2) is 11.6 Å². The lowest BCUT2D eigenvalue weighted by atomic mass is 10.1. The Morgan fingerprint density at radius 1 is 0.720 bits per heavy atom. The van der Waals surface area contributed by atoms with Crippen LogP contribution in [0.15, 0.2) is 54.9 Å². The maximum Gasteiger partial charge on any atom is 0.178 e. The van der Waals surface area contributed by atoms with Crippen molar-refractivity contribution >= 4 is 23.0 Å². The van der Waals surface area contributed by atoms with Gasteiger partial charge in [0.1, 0.15) is 6.17 Å². The van der Waals surface area contributed by atoms with Gasteiger partial charge in [0.2, 0.25) is 0 Å². The highest BCUT2D eigenvalue weighted by Gasteiger charge is 2.38. The molecule has 0 radical (unpaired) electrons. The number of rotatable bonds is 2. The average Bonchev–Trinajstić information content (AvgIpc) is 2.88. The average molecular weight is 330 g/mol. The molecule has 0 saturated heterocycles. The van der Waals surface area contributed by atoms with Gasteiger partial charge in [0.25, 0.3) is 0 Å². The standard InChI is InChI=1S/C21H22N4/c1-14-8-5-6-11-18(14)24-17(4)25(21-20(24)22-12-13-23-21)19-15(2)9-7-10-16(19)3/h5-13,17H,1-4H3. The predicted molar refractivity (Wildman–Crippen MR) is 103 cm³/mol. The quantitative estimate of drug-likeness (QED) is 0.659. The Morgan fingerprint density at radius 2 is 1.28 bits per heavy atom. The highest BCUT2D eigenvalue weighted by Crippen LogP contribution is 2.47. The van der Waals surface area contributed by atoms with E-state index in [2.05, 4.69) is 89.9 Å². The van der Waals surface area contributed by atoms with E-state index in [1.807, 2.05) is 0 Å². The van der Waals surface area contributed by atoms with E-state index in [0.717, 1.165) is 11.6 Å². The van der Waals surface area contributed by atoms with Crippen molar-refractivity contribution < 1.29 is 0 Å². The maximum atomic E-state index is 4.68. The normalized spacial score (nSPS) is 16.2. The first-order valence-electron chi connectivity index (χ1n) is 8.61. The van der Waals surface area contributed by atoms with Crippen molar-refractivity contribution in [3.05, 3.63) is 71.5 Å². The Bertz CT molecular complexity index is 914. The highest BCUT2D eigenvalue weighted by atomic mass is 15.5. The minimum atomic E-state index is 0.0956. The second-order valence-corrected chi connectivity index (χ2v) is 6.60. The van der Waals surface area contributed by atoms with Gasteiger partial charge in [0, 0.05) is 18.1 Å². The number of para-hydroxylation sites is 2. The smallest absolute Gasteiger partial charge is 0.178 e. The number of fused-ring (bicyclic) bond motifs is 1. The molecule has 1 aliphatic heterocycles. The molecule has 0 amide bonds. The molecule has 1 unspecified atom stereocenters. The molecular weight excluding hydrogens is 308 g/mol. The number of aromatic nitrogens is 2. The number of hydrogen-bond acceptors (Lipinski definition) is 4. The van der Waals surface area contributed by atoms with Crippen LogP contribution in [0.4, 0.5) is 23.0 Å². The molecule has 2 heterocycles. The maximum absolute atomic E-state index is 4.68. The number of aryl methyl sites for hydroxylation is 3. The summed E-state index contributed by atoms with van der Waals surface area (Å²) >= 11 is 0. The van der Waals surface area contributed by atoms with Gasteiger partial charge in [-0.15, -0.1) is 0 Å². The molecule has 126 valence electrons. The molecule has 1 aromatic heterocycles. The summed E-state index contributed by atoms with van der Waals surface area (Å²) in [5, 5.41) is 0. The summed E-state index contributed by atoms with van der Waals surface area (Å²) in [6.07, 6.45) is 3.64. The van der Waals surface area contributed by atoms with Crippen LogP contribution in [0.3, 0.4) is 0 Å². The van der Waals surface area contributed by atoms with Crippen molar-refractivity contribution in [1.29, 1.82) is 0 Å². The second-order valence-electron chi connectivity index (χ2n) is 6.60. The molecule has 0 saturated carbocycles. The number of benzene rings is 2. The summed E-state index contributed by atoms with van der Waals surface area (Å²) < 4.78 is 0. The molecule has 3 aromatic rings. The molecule has 4 rings (SSSR count). The van der Waals surface area contributed by atoms with E-state index >= 15 is 0 Å². The van der Waals surface area contributed by atoms with E-state index in [4.69, 9.17) is 0 Å². The highest BCUT2D eigenvalue weighted by molar-refractivity contribution is 5.85. The van der Waals surface area contributed by atoms with Gasteiger partial charge in [0.05, 0.1) is 5.69 Å². The molecule has 25 heavy (non-hydrogen) atoms. The third-order valence-corrected chi connectivity index (χ3v) is 4.92. The largest absolute Gasteiger partial charge is 0.302 e. The summed E-state index contributed by atoms with van der Waals surface area (Å²) in [6, 6.07) is 14.8. The molecule has 1 atom stereocenters. The summed E-state index contributed by atoms with van der Waals surface area (Å²) in [5.41, 5.74) is 6.11. The minimum absolute atomic E-state index is 0.0956. The first kappa shape index (κ1) is 15.6.